The van der Waals surface area contributed by atoms with Crippen LogP contribution in [0.25, 0.3) is 0 Å². The molecule has 114 valence electrons. The van der Waals surface area contributed by atoms with Crippen LogP contribution in [0.3, 0.4) is 0 Å². The van der Waals surface area contributed by atoms with E-state index in [-0.39, 0.29) is 0 Å². The second-order valence-corrected chi connectivity index (χ2v) is 5.11. The average molecular weight is 276 g/mol. The summed E-state index contributed by atoms with van der Waals surface area (Å²) in [5, 5.41) is 0. The summed E-state index contributed by atoms with van der Waals surface area (Å²) in [5.74, 6) is 0. The van der Waals surface area contributed by atoms with Gasteiger partial charge in [0.25, 0.3) is 0 Å². The lowest BCUT2D eigenvalue weighted by Gasteiger charge is -1.93. The van der Waals surface area contributed by atoms with Gasteiger partial charge in [0, 0.05) is 38.9 Å². The predicted octanol–water partition coefficient (Wildman–Crippen LogP) is 5.42. The predicted molar refractivity (Wildman–Crippen MR) is 89.9 cm³/mol. The summed E-state index contributed by atoms with van der Waals surface area (Å²) in [7, 11) is 4.00. The minimum Gasteiger partial charge on any atom is -0.357 e. The highest BCUT2D eigenvalue weighted by Gasteiger charge is 1.83. The SMILES string of the molecule is CCCCCCCC.Cn1cccc1.Cn1cccc1. The minimum absolute atomic E-state index is 1.36. The zero-order chi connectivity index (χ0) is 15.1. The highest BCUT2D eigenvalue weighted by Crippen LogP contribution is 2.03. The third-order valence-electron chi connectivity index (χ3n) is 2.96. The van der Waals surface area contributed by atoms with Crippen LogP contribution in [0.4, 0.5) is 0 Å². The third-order valence-corrected chi connectivity index (χ3v) is 2.96. The third kappa shape index (κ3) is 13.0. The Morgan fingerprint density at radius 3 is 1.00 bits per heavy atom. The van der Waals surface area contributed by atoms with E-state index in [4.69, 9.17) is 0 Å². The number of unbranched alkanes of at least 4 members (excludes halogenated alkanes) is 5. The van der Waals surface area contributed by atoms with Gasteiger partial charge in [-0.15, -0.1) is 0 Å². The lowest BCUT2D eigenvalue weighted by molar-refractivity contribution is 0.624. The van der Waals surface area contributed by atoms with Gasteiger partial charge in [-0.3, -0.25) is 0 Å². The lowest BCUT2D eigenvalue weighted by Crippen LogP contribution is -1.75. The van der Waals surface area contributed by atoms with Gasteiger partial charge in [-0.2, -0.15) is 0 Å². The molecule has 20 heavy (non-hydrogen) atoms. The highest BCUT2D eigenvalue weighted by atomic mass is 14.9. The quantitative estimate of drug-likeness (QED) is 0.646. The topological polar surface area (TPSA) is 9.86 Å². The summed E-state index contributed by atoms with van der Waals surface area (Å²) in [6.07, 6.45) is 16.5. The summed E-state index contributed by atoms with van der Waals surface area (Å²) in [5.41, 5.74) is 0. The van der Waals surface area contributed by atoms with Crippen molar-refractivity contribution in [2.24, 2.45) is 14.1 Å². The second kappa shape index (κ2) is 14.0. The van der Waals surface area contributed by atoms with E-state index in [1.165, 1.54) is 38.5 Å². The summed E-state index contributed by atoms with van der Waals surface area (Å²) in [6, 6.07) is 8.00. The normalized spacial score (nSPS) is 9.20. The molecule has 2 aromatic rings. The van der Waals surface area contributed by atoms with E-state index in [9.17, 15) is 0 Å². The monoisotopic (exact) mass is 276 g/mol. The van der Waals surface area contributed by atoms with E-state index in [0.29, 0.717) is 0 Å². The van der Waals surface area contributed by atoms with E-state index in [2.05, 4.69) is 13.8 Å². The van der Waals surface area contributed by atoms with Gasteiger partial charge >= 0.3 is 0 Å². The van der Waals surface area contributed by atoms with Crippen LogP contribution < -0.4 is 0 Å². The summed E-state index contributed by atoms with van der Waals surface area (Å²) < 4.78 is 4.00. The maximum Gasteiger partial charge on any atom is 0.0106 e. The standard InChI is InChI=1S/C8H18.2C5H7N/c1-3-5-7-8-6-4-2;2*1-6-4-2-3-5-6/h3-8H2,1-2H3;2*2-5H,1H3. The molecule has 2 aromatic heterocycles. The molecular weight excluding hydrogens is 244 g/mol. The number of aryl methyl sites for hydroxylation is 2. The largest absolute Gasteiger partial charge is 0.357 e. The fraction of sp³-hybridized carbons (Fsp3) is 0.556. The molecule has 0 unspecified atom stereocenters. The van der Waals surface area contributed by atoms with Gasteiger partial charge in [-0.05, 0) is 24.3 Å². The molecule has 0 aromatic carbocycles. The fourth-order valence-electron chi connectivity index (χ4n) is 1.69. The zero-order valence-electron chi connectivity index (χ0n) is 13.8. The number of rotatable bonds is 5. The van der Waals surface area contributed by atoms with E-state index in [1.54, 1.807) is 0 Å². The molecule has 2 heteroatoms. The molecule has 0 saturated carbocycles. The average Bonchev–Trinajstić information content (AvgIpc) is 3.10. The molecule has 0 amide bonds. The van der Waals surface area contributed by atoms with Crippen LogP contribution in [-0.4, -0.2) is 9.13 Å². The first kappa shape index (κ1) is 18.6. The first-order valence-electron chi connectivity index (χ1n) is 7.84. The van der Waals surface area contributed by atoms with Crippen molar-refractivity contribution in [2.45, 2.75) is 52.4 Å². The Morgan fingerprint density at radius 2 is 0.850 bits per heavy atom. The molecule has 2 heterocycles. The van der Waals surface area contributed by atoms with E-state index < -0.39 is 0 Å². The minimum atomic E-state index is 1.36. The Balaban J connectivity index is 0.000000274. The van der Waals surface area contributed by atoms with Crippen LogP contribution in [0, 0.1) is 0 Å². The number of nitrogens with zero attached hydrogens (tertiary/aromatic N) is 2. The smallest absolute Gasteiger partial charge is 0.0106 e. The molecule has 0 N–H and O–H groups in total. The van der Waals surface area contributed by atoms with Crippen molar-refractivity contribution in [1.29, 1.82) is 0 Å². The lowest BCUT2D eigenvalue weighted by atomic mass is 10.1. The van der Waals surface area contributed by atoms with Crippen LogP contribution in [-0.2, 0) is 14.1 Å². The van der Waals surface area contributed by atoms with E-state index in [0.717, 1.165) is 0 Å². The summed E-state index contributed by atoms with van der Waals surface area (Å²) in [4.78, 5) is 0. The first-order valence-corrected chi connectivity index (χ1v) is 7.84. The van der Waals surface area contributed by atoms with Crippen LogP contribution >= 0.6 is 0 Å². The van der Waals surface area contributed by atoms with Gasteiger partial charge in [-0.1, -0.05) is 52.4 Å². The Bertz CT molecular complexity index is 322. The summed E-state index contributed by atoms with van der Waals surface area (Å²) in [6.45, 7) is 4.51. The van der Waals surface area contributed by atoms with Crippen molar-refractivity contribution in [3.05, 3.63) is 49.1 Å². The molecule has 0 radical (unpaired) electrons. The van der Waals surface area contributed by atoms with Gasteiger partial charge < -0.3 is 9.13 Å². The molecule has 2 nitrogen and oxygen atoms in total. The van der Waals surface area contributed by atoms with Crippen molar-refractivity contribution >= 4 is 0 Å². The van der Waals surface area contributed by atoms with Crippen molar-refractivity contribution in [3.8, 4) is 0 Å². The molecule has 0 aliphatic carbocycles. The molecule has 0 aliphatic rings. The Kier molecular flexibility index (Phi) is 13.0. The van der Waals surface area contributed by atoms with Gasteiger partial charge in [0.2, 0.25) is 0 Å². The van der Waals surface area contributed by atoms with Crippen LogP contribution in [0.5, 0.6) is 0 Å². The molecule has 2 rings (SSSR count). The molecule has 0 atom stereocenters. The van der Waals surface area contributed by atoms with Crippen LogP contribution in [0.15, 0.2) is 49.1 Å². The number of aromatic nitrogens is 2. The maximum atomic E-state index is 2.26. The van der Waals surface area contributed by atoms with Gasteiger partial charge in [0.15, 0.2) is 0 Å². The number of hydrogen-bond acceptors (Lipinski definition) is 0. The molecule has 0 saturated heterocycles. The maximum absolute atomic E-state index is 2.26. The number of hydrogen-bond donors (Lipinski definition) is 0. The molecule has 0 fully saturated rings. The highest BCUT2D eigenvalue weighted by molar-refractivity contribution is 4.88. The van der Waals surface area contributed by atoms with Crippen molar-refractivity contribution < 1.29 is 0 Å². The van der Waals surface area contributed by atoms with Crippen molar-refractivity contribution in [2.75, 3.05) is 0 Å². The van der Waals surface area contributed by atoms with Crippen molar-refractivity contribution in [1.82, 2.24) is 9.13 Å². The molecule has 0 aliphatic heterocycles. The van der Waals surface area contributed by atoms with Gasteiger partial charge in [-0.25, -0.2) is 0 Å². The zero-order valence-corrected chi connectivity index (χ0v) is 13.8. The Morgan fingerprint density at radius 1 is 0.550 bits per heavy atom. The summed E-state index contributed by atoms with van der Waals surface area (Å²) >= 11 is 0. The molecule has 0 spiro atoms. The Labute approximate surface area is 125 Å². The van der Waals surface area contributed by atoms with Crippen molar-refractivity contribution in [3.63, 3.8) is 0 Å². The van der Waals surface area contributed by atoms with Gasteiger partial charge in [0.1, 0.15) is 0 Å². The van der Waals surface area contributed by atoms with Crippen LogP contribution in [0.2, 0.25) is 0 Å². The van der Waals surface area contributed by atoms with E-state index >= 15 is 0 Å². The second-order valence-electron chi connectivity index (χ2n) is 5.11. The molecule has 0 bridgehead atoms. The molecular formula is C18H32N2. The fourth-order valence-corrected chi connectivity index (χ4v) is 1.69. The van der Waals surface area contributed by atoms with E-state index in [1.807, 2.05) is 72.3 Å². The van der Waals surface area contributed by atoms with Gasteiger partial charge in [0.05, 0.1) is 0 Å². The first-order chi connectivity index (χ1) is 9.70. The van der Waals surface area contributed by atoms with Crippen LogP contribution in [0.1, 0.15) is 52.4 Å². The Hall–Kier alpha value is -1.44.